The molecule has 0 amide bonds. The van der Waals surface area contributed by atoms with Gasteiger partial charge in [-0.3, -0.25) is 0 Å². The zero-order valence-corrected chi connectivity index (χ0v) is 11.3. The molecule has 2 fully saturated rings. The van der Waals surface area contributed by atoms with Crippen LogP contribution < -0.4 is 5.32 Å². The molecular formula is C12H21F3N2S. The monoisotopic (exact) mass is 282 g/mol. The Morgan fingerprint density at radius 2 is 2.06 bits per heavy atom. The highest BCUT2D eigenvalue weighted by Crippen LogP contribution is 2.30. The van der Waals surface area contributed by atoms with Gasteiger partial charge >= 0.3 is 5.51 Å². The van der Waals surface area contributed by atoms with Crippen LogP contribution in [-0.4, -0.2) is 48.4 Å². The zero-order chi connectivity index (χ0) is 13.0. The molecule has 2 heterocycles. The van der Waals surface area contributed by atoms with Crippen LogP contribution in [0.15, 0.2) is 0 Å². The van der Waals surface area contributed by atoms with Crippen LogP contribution in [0, 0.1) is 5.92 Å². The van der Waals surface area contributed by atoms with Gasteiger partial charge in [0.1, 0.15) is 0 Å². The van der Waals surface area contributed by atoms with Crippen molar-refractivity contribution in [3.63, 3.8) is 0 Å². The average molecular weight is 282 g/mol. The Morgan fingerprint density at radius 3 is 2.72 bits per heavy atom. The molecule has 0 radical (unpaired) electrons. The van der Waals surface area contributed by atoms with E-state index in [0.29, 0.717) is 18.5 Å². The van der Waals surface area contributed by atoms with Crippen molar-refractivity contribution in [2.75, 3.05) is 31.9 Å². The minimum Gasteiger partial charge on any atom is -0.314 e. The second kappa shape index (κ2) is 6.48. The summed E-state index contributed by atoms with van der Waals surface area (Å²) in [4.78, 5) is 2.20. The Morgan fingerprint density at radius 1 is 1.22 bits per heavy atom. The molecule has 2 rings (SSSR count). The van der Waals surface area contributed by atoms with E-state index in [4.69, 9.17) is 0 Å². The lowest BCUT2D eigenvalue weighted by Crippen LogP contribution is -2.44. The number of alkyl halides is 3. The van der Waals surface area contributed by atoms with Crippen LogP contribution in [0.3, 0.4) is 0 Å². The van der Waals surface area contributed by atoms with Gasteiger partial charge in [0.25, 0.3) is 0 Å². The summed E-state index contributed by atoms with van der Waals surface area (Å²) in [5.74, 6) is 0.797. The van der Waals surface area contributed by atoms with E-state index in [-0.39, 0.29) is 17.5 Å². The van der Waals surface area contributed by atoms with Crippen LogP contribution in [-0.2, 0) is 0 Å². The highest BCUT2D eigenvalue weighted by atomic mass is 32.2. The van der Waals surface area contributed by atoms with Gasteiger partial charge in [0.15, 0.2) is 0 Å². The van der Waals surface area contributed by atoms with Crippen LogP contribution in [0.25, 0.3) is 0 Å². The fraction of sp³-hybridized carbons (Fsp3) is 1.00. The number of hydrogen-bond donors (Lipinski definition) is 1. The number of thioether (sulfide) groups is 1. The number of nitrogens with one attached hydrogen (secondary N) is 1. The van der Waals surface area contributed by atoms with Crippen molar-refractivity contribution in [3.05, 3.63) is 0 Å². The third-order valence-electron chi connectivity index (χ3n) is 3.88. The Balaban J connectivity index is 1.69. The molecule has 1 N–H and O–H groups in total. The Labute approximate surface area is 111 Å². The molecule has 2 nitrogen and oxygen atoms in total. The topological polar surface area (TPSA) is 15.3 Å². The van der Waals surface area contributed by atoms with E-state index in [0.717, 1.165) is 26.1 Å². The summed E-state index contributed by atoms with van der Waals surface area (Å²) in [5.41, 5.74) is -4.08. The third-order valence-corrected chi connectivity index (χ3v) is 4.60. The lowest BCUT2D eigenvalue weighted by Gasteiger charge is -2.35. The summed E-state index contributed by atoms with van der Waals surface area (Å²) in [6, 6.07) is 0.600. The number of piperidine rings is 1. The summed E-state index contributed by atoms with van der Waals surface area (Å²) in [6.07, 6.45) is 4.82. The average Bonchev–Trinajstić information content (AvgIpc) is 2.81. The standard InChI is InChI=1S/C12H21F3N2S/c13-12(14,15)18-8-7-17-6-2-3-10(9-17)11-4-1-5-16-11/h10-11,16H,1-9H2. The molecule has 2 saturated heterocycles. The van der Waals surface area contributed by atoms with Crippen molar-refractivity contribution >= 4 is 11.8 Å². The lowest BCUT2D eigenvalue weighted by molar-refractivity contribution is -0.0329. The molecular weight excluding hydrogens is 261 g/mol. The van der Waals surface area contributed by atoms with E-state index in [9.17, 15) is 13.2 Å². The second-order valence-electron chi connectivity index (χ2n) is 5.20. The first-order valence-electron chi connectivity index (χ1n) is 6.71. The molecule has 0 aromatic rings. The summed E-state index contributed by atoms with van der Waals surface area (Å²) in [7, 11) is 0. The summed E-state index contributed by atoms with van der Waals surface area (Å²) in [5, 5.41) is 3.52. The Hall–Kier alpha value is 0.0600. The van der Waals surface area contributed by atoms with E-state index < -0.39 is 5.51 Å². The first-order chi connectivity index (χ1) is 8.54. The number of rotatable bonds is 4. The molecule has 2 aliphatic heterocycles. The number of nitrogens with zero attached hydrogens (tertiary/aromatic N) is 1. The lowest BCUT2D eigenvalue weighted by atomic mass is 9.90. The van der Waals surface area contributed by atoms with E-state index in [1.165, 1.54) is 19.3 Å². The highest BCUT2D eigenvalue weighted by molar-refractivity contribution is 8.00. The fourth-order valence-electron chi connectivity index (χ4n) is 3.03. The van der Waals surface area contributed by atoms with Gasteiger partial charge in [-0.1, -0.05) is 0 Å². The molecule has 18 heavy (non-hydrogen) atoms. The van der Waals surface area contributed by atoms with Gasteiger partial charge in [-0.15, -0.1) is 0 Å². The minimum atomic E-state index is -4.08. The van der Waals surface area contributed by atoms with E-state index in [1.54, 1.807) is 0 Å². The summed E-state index contributed by atoms with van der Waals surface area (Å²) >= 11 is 0.103. The molecule has 0 aromatic heterocycles. The number of halogens is 3. The molecule has 2 unspecified atom stereocenters. The van der Waals surface area contributed by atoms with Gasteiger partial charge in [-0.25, -0.2) is 0 Å². The van der Waals surface area contributed by atoms with Crippen molar-refractivity contribution < 1.29 is 13.2 Å². The molecule has 2 atom stereocenters. The number of likely N-dealkylation sites (tertiary alicyclic amines) is 1. The van der Waals surface area contributed by atoms with Crippen molar-refractivity contribution in [1.82, 2.24) is 10.2 Å². The Kier molecular flexibility index (Phi) is 5.21. The van der Waals surface area contributed by atoms with E-state index in [1.807, 2.05) is 0 Å². The van der Waals surface area contributed by atoms with Crippen molar-refractivity contribution in [2.24, 2.45) is 5.92 Å². The predicted molar refractivity (Wildman–Crippen MR) is 68.7 cm³/mol. The normalized spacial score (nSPS) is 30.8. The largest absolute Gasteiger partial charge is 0.441 e. The maximum atomic E-state index is 12.1. The first kappa shape index (κ1) is 14.5. The van der Waals surface area contributed by atoms with E-state index in [2.05, 4.69) is 10.2 Å². The first-order valence-corrected chi connectivity index (χ1v) is 7.69. The molecule has 6 heteroatoms. The predicted octanol–water partition coefficient (Wildman–Crippen LogP) is 2.70. The van der Waals surface area contributed by atoms with Gasteiger partial charge < -0.3 is 10.2 Å². The van der Waals surface area contributed by atoms with Crippen molar-refractivity contribution in [3.8, 4) is 0 Å². The zero-order valence-electron chi connectivity index (χ0n) is 10.5. The van der Waals surface area contributed by atoms with Gasteiger partial charge in [-0.2, -0.15) is 13.2 Å². The quantitative estimate of drug-likeness (QED) is 0.853. The summed E-state index contributed by atoms with van der Waals surface area (Å²) < 4.78 is 36.2. The van der Waals surface area contributed by atoms with Gasteiger partial charge in [0.2, 0.25) is 0 Å². The minimum absolute atomic E-state index is 0.103. The molecule has 2 aliphatic rings. The fourth-order valence-corrected chi connectivity index (χ4v) is 3.61. The van der Waals surface area contributed by atoms with Gasteiger partial charge in [0, 0.05) is 24.9 Å². The van der Waals surface area contributed by atoms with Gasteiger partial charge in [-0.05, 0) is 56.5 Å². The van der Waals surface area contributed by atoms with Crippen LogP contribution in [0.5, 0.6) is 0 Å². The van der Waals surface area contributed by atoms with Gasteiger partial charge in [0.05, 0.1) is 0 Å². The van der Waals surface area contributed by atoms with Crippen LogP contribution in [0.2, 0.25) is 0 Å². The molecule has 0 aliphatic carbocycles. The molecule has 0 aromatic carbocycles. The smallest absolute Gasteiger partial charge is 0.314 e. The third kappa shape index (κ3) is 4.63. The van der Waals surface area contributed by atoms with Crippen LogP contribution in [0.4, 0.5) is 13.2 Å². The maximum Gasteiger partial charge on any atom is 0.441 e. The summed E-state index contributed by atoms with van der Waals surface area (Å²) in [6.45, 7) is 3.59. The van der Waals surface area contributed by atoms with Crippen LogP contribution in [0.1, 0.15) is 25.7 Å². The maximum absolute atomic E-state index is 12.1. The highest BCUT2D eigenvalue weighted by Gasteiger charge is 2.31. The van der Waals surface area contributed by atoms with Crippen LogP contribution >= 0.6 is 11.8 Å². The SMILES string of the molecule is FC(F)(F)SCCN1CCCC(C2CCCN2)C1. The molecule has 106 valence electrons. The van der Waals surface area contributed by atoms with Crippen molar-refractivity contribution in [2.45, 2.75) is 37.2 Å². The molecule has 0 spiro atoms. The Bertz CT molecular complexity index is 254. The molecule has 0 saturated carbocycles. The number of hydrogen-bond acceptors (Lipinski definition) is 3. The second-order valence-corrected chi connectivity index (χ2v) is 6.36. The van der Waals surface area contributed by atoms with E-state index >= 15 is 0 Å². The molecule has 0 bridgehead atoms. The van der Waals surface area contributed by atoms with Crippen molar-refractivity contribution in [1.29, 1.82) is 0 Å².